The van der Waals surface area contributed by atoms with Crippen molar-refractivity contribution in [2.45, 2.75) is 30.6 Å². The molecule has 1 aliphatic rings. The molecule has 1 amide bonds. The van der Waals surface area contributed by atoms with Crippen LogP contribution in [-0.2, 0) is 10.2 Å². The van der Waals surface area contributed by atoms with Crippen LogP contribution in [0.2, 0.25) is 0 Å². The smallest absolute Gasteiger partial charge is 0.305 e. The number of nitrogens with zero attached hydrogens (tertiary/aromatic N) is 1. The third kappa shape index (κ3) is 3.38. The molecule has 25 heavy (non-hydrogen) atoms. The van der Waals surface area contributed by atoms with Gasteiger partial charge in [0.2, 0.25) is 0 Å². The number of allylic oxidation sites excluding steroid dienone is 1. The molecule has 0 fully saturated rings. The fourth-order valence-electron chi connectivity index (χ4n) is 2.91. The Labute approximate surface area is 155 Å². The van der Waals surface area contributed by atoms with Crippen molar-refractivity contribution >= 4 is 43.0 Å². The number of rotatable bonds is 5. The summed E-state index contributed by atoms with van der Waals surface area (Å²) in [5.41, 5.74) is 1.70. The highest BCUT2D eigenvalue weighted by atomic mass is 79.9. The fourth-order valence-corrected chi connectivity index (χ4v) is 4.89. The molecule has 6 nitrogen and oxygen atoms in total. The molecule has 1 unspecified atom stereocenters. The van der Waals surface area contributed by atoms with Crippen molar-refractivity contribution in [2.24, 2.45) is 0 Å². The van der Waals surface area contributed by atoms with E-state index < -0.39 is 20.6 Å². The molecule has 2 aromatic rings. The fraction of sp³-hybridized carbons (Fsp3) is 0.353. The number of nitrogens with one attached hydrogen (secondary N) is 1. The molecule has 0 saturated carbocycles. The van der Waals surface area contributed by atoms with Crippen LogP contribution in [0.5, 0.6) is 0 Å². The summed E-state index contributed by atoms with van der Waals surface area (Å²) in [4.78, 5) is 12.5. The summed E-state index contributed by atoms with van der Waals surface area (Å²) in [6.45, 7) is 1.76. The van der Waals surface area contributed by atoms with Crippen LogP contribution in [0, 0.1) is 0 Å². The molecule has 1 aromatic carbocycles. The number of amides is 1. The lowest BCUT2D eigenvalue weighted by atomic mass is 10.1. The van der Waals surface area contributed by atoms with Gasteiger partial charge in [-0.1, -0.05) is 40.2 Å². The van der Waals surface area contributed by atoms with Gasteiger partial charge in [-0.2, -0.15) is 12.7 Å². The average molecular weight is 427 g/mol. The van der Waals surface area contributed by atoms with E-state index in [1.807, 2.05) is 6.08 Å². The molecule has 0 aliphatic heterocycles. The van der Waals surface area contributed by atoms with E-state index in [1.165, 1.54) is 13.3 Å². The predicted octanol–water partition coefficient (Wildman–Crippen LogP) is 3.56. The normalized spacial score (nSPS) is 17.5. The Morgan fingerprint density at radius 1 is 1.36 bits per heavy atom. The first kappa shape index (κ1) is 18.2. The summed E-state index contributed by atoms with van der Waals surface area (Å²) in [7, 11) is -2.60. The number of carbonyl (C=O) groups excluding carboxylic acids is 1. The van der Waals surface area contributed by atoms with Crippen molar-refractivity contribution in [3.05, 3.63) is 47.7 Å². The van der Waals surface area contributed by atoms with Crippen LogP contribution in [0.25, 0.3) is 11.0 Å². The van der Waals surface area contributed by atoms with Gasteiger partial charge in [-0.3, -0.25) is 4.79 Å². The highest BCUT2D eigenvalue weighted by Gasteiger charge is 2.39. The van der Waals surface area contributed by atoms with Crippen LogP contribution in [-0.4, -0.2) is 30.1 Å². The first-order valence-corrected chi connectivity index (χ1v) is 10.1. The van der Waals surface area contributed by atoms with Gasteiger partial charge in [-0.15, -0.1) is 0 Å². The summed E-state index contributed by atoms with van der Waals surface area (Å²) in [5, 5.41) is 0.568. The lowest BCUT2D eigenvalue weighted by molar-refractivity contribution is 0.0979. The highest BCUT2D eigenvalue weighted by molar-refractivity contribution is 9.10. The van der Waals surface area contributed by atoms with Crippen molar-refractivity contribution in [3.8, 4) is 0 Å². The van der Waals surface area contributed by atoms with Crippen LogP contribution in [0.4, 0.5) is 0 Å². The second-order valence-electron chi connectivity index (χ2n) is 6.12. The Kier molecular flexibility index (Phi) is 4.78. The summed E-state index contributed by atoms with van der Waals surface area (Å²) < 4.78 is 33.0. The molecule has 0 spiro atoms. The van der Waals surface area contributed by atoms with Crippen LogP contribution >= 0.6 is 15.9 Å². The number of hydrogen-bond donors (Lipinski definition) is 1. The zero-order chi connectivity index (χ0) is 18.2. The summed E-state index contributed by atoms with van der Waals surface area (Å²) in [6.07, 6.45) is 6.05. The Morgan fingerprint density at radius 3 is 2.76 bits per heavy atom. The third-order valence-corrected chi connectivity index (χ3v) is 7.33. The van der Waals surface area contributed by atoms with Crippen molar-refractivity contribution in [1.82, 2.24) is 9.03 Å². The number of carbonyl (C=O) groups is 1. The molecule has 1 aromatic heterocycles. The first-order chi connectivity index (χ1) is 11.7. The van der Waals surface area contributed by atoms with E-state index in [1.54, 1.807) is 31.2 Å². The molecule has 0 radical (unpaired) electrons. The lowest BCUT2D eigenvalue weighted by Gasteiger charge is -2.33. The predicted molar refractivity (Wildman–Crippen MR) is 99.6 cm³/mol. The molecule has 1 heterocycles. The maximum Gasteiger partial charge on any atom is 0.305 e. The van der Waals surface area contributed by atoms with E-state index in [0.29, 0.717) is 11.0 Å². The summed E-state index contributed by atoms with van der Waals surface area (Å²) in [5.74, 6) is -0.722. The SMILES string of the molecule is CN(C(C)(Br)C1=CCCC1)S(=O)(=O)NC(=O)c1coc2ccccc12. The molecule has 1 N–H and O–H groups in total. The molecule has 3 rings (SSSR count). The average Bonchev–Trinajstić information content (AvgIpc) is 3.23. The maximum absolute atomic E-state index is 12.7. The second kappa shape index (κ2) is 6.59. The van der Waals surface area contributed by atoms with Gasteiger partial charge < -0.3 is 4.42 Å². The first-order valence-electron chi connectivity index (χ1n) is 7.89. The number of likely N-dealkylation sites (N-methyl/N-ethyl adjacent to an activating group) is 1. The monoisotopic (exact) mass is 426 g/mol. The van der Waals surface area contributed by atoms with E-state index in [2.05, 4.69) is 20.7 Å². The number of para-hydroxylation sites is 1. The minimum Gasteiger partial charge on any atom is -0.463 e. The van der Waals surface area contributed by atoms with Gasteiger partial charge in [0.15, 0.2) is 0 Å². The number of benzene rings is 1. The quantitative estimate of drug-likeness (QED) is 0.450. The third-order valence-electron chi connectivity index (χ3n) is 4.53. The van der Waals surface area contributed by atoms with Crippen molar-refractivity contribution < 1.29 is 17.6 Å². The van der Waals surface area contributed by atoms with Crippen LogP contribution in [0.1, 0.15) is 36.5 Å². The van der Waals surface area contributed by atoms with Gasteiger partial charge in [0.05, 0.1) is 5.56 Å². The van der Waals surface area contributed by atoms with E-state index in [0.717, 1.165) is 29.1 Å². The van der Waals surface area contributed by atoms with Crippen molar-refractivity contribution in [3.63, 3.8) is 0 Å². The Balaban J connectivity index is 1.84. The van der Waals surface area contributed by atoms with Crippen molar-refractivity contribution in [2.75, 3.05) is 7.05 Å². The molecule has 8 heteroatoms. The molecule has 1 atom stereocenters. The maximum atomic E-state index is 12.7. The molecule has 134 valence electrons. The zero-order valence-corrected chi connectivity index (χ0v) is 16.4. The number of halogens is 1. The number of furan rings is 1. The Hall–Kier alpha value is -1.64. The van der Waals surface area contributed by atoms with Crippen LogP contribution in [0.15, 0.2) is 46.6 Å². The summed E-state index contributed by atoms with van der Waals surface area (Å²) in [6, 6.07) is 6.97. The van der Waals surface area contributed by atoms with Gasteiger partial charge in [0, 0.05) is 12.4 Å². The Morgan fingerprint density at radius 2 is 2.08 bits per heavy atom. The molecule has 1 aliphatic carbocycles. The topological polar surface area (TPSA) is 79.6 Å². The number of alkyl halides is 1. The largest absolute Gasteiger partial charge is 0.463 e. The molecular weight excluding hydrogens is 408 g/mol. The van der Waals surface area contributed by atoms with Gasteiger partial charge in [0.25, 0.3) is 5.91 Å². The van der Waals surface area contributed by atoms with Crippen molar-refractivity contribution in [1.29, 1.82) is 0 Å². The second-order valence-corrected chi connectivity index (χ2v) is 9.37. The number of fused-ring (bicyclic) bond motifs is 1. The minimum atomic E-state index is -4.04. The molecular formula is C17H19BrN2O4S. The van der Waals surface area contributed by atoms with Gasteiger partial charge in [-0.25, -0.2) is 4.72 Å². The van der Waals surface area contributed by atoms with Gasteiger partial charge >= 0.3 is 10.2 Å². The standard InChI is InChI=1S/C17H19BrN2O4S/c1-17(18,12-7-3-4-8-12)20(2)25(22,23)19-16(21)14-11-24-15-10-6-5-9-13(14)15/h5-7,9-11H,3-4,8H2,1-2H3,(H,19,21). The van der Waals surface area contributed by atoms with E-state index in [-0.39, 0.29) is 5.56 Å². The van der Waals surface area contributed by atoms with Crippen LogP contribution < -0.4 is 4.72 Å². The van der Waals surface area contributed by atoms with E-state index in [4.69, 9.17) is 4.42 Å². The highest BCUT2D eigenvalue weighted by Crippen LogP contribution is 2.38. The van der Waals surface area contributed by atoms with Crippen LogP contribution in [0.3, 0.4) is 0 Å². The van der Waals surface area contributed by atoms with E-state index in [9.17, 15) is 13.2 Å². The zero-order valence-electron chi connectivity index (χ0n) is 14.0. The minimum absolute atomic E-state index is 0.184. The number of hydrogen-bond acceptors (Lipinski definition) is 4. The van der Waals surface area contributed by atoms with E-state index >= 15 is 0 Å². The van der Waals surface area contributed by atoms with Gasteiger partial charge in [-0.05, 0) is 37.8 Å². The van der Waals surface area contributed by atoms with Gasteiger partial charge in [0.1, 0.15) is 16.3 Å². The lowest BCUT2D eigenvalue weighted by Crippen LogP contribution is -2.50. The Bertz CT molecular complexity index is 946. The molecule has 0 saturated heterocycles. The molecule has 0 bridgehead atoms. The summed E-state index contributed by atoms with van der Waals surface area (Å²) >= 11 is 3.50.